The van der Waals surface area contributed by atoms with Crippen LogP contribution in [0.4, 0.5) is 11.4 Å². The number of anilines is 1. The van der Waals surface area contributed by atoms with E-state index in [9.17, 15) is 4.79 Å². The molecule has 2 unspecified atom stereocenters. The molecular weight excluding hydrogens is 364 g/mol. The van der Waals surface area contributed by atoms with Crippen LogP contribution in [0.1, 0.15) is 41.3 Å². The number of fused-ring (bicyclic) bond motifs is 1. The molecule has 1 amide bonds. The number of piperidine rings is 1. The molecule has 0 spiro atoms. The number of primary amides is 1. The molecule has 1 heterocycles. The maximum Gasteiger partial charge on any atom is 0.250 e. The molecule has 152 valence electrons. The number of hydrogen-bond donors (Lipinski definition) is 3. The van der Waals surface area contributed by atoms with E-state index in [1.165, 1.54) is 12.0 Å². The van der Waals surface area contributed by atoms with Gasteiger partial charge < -0.3 is 21.5 Å². The van der Waals surface area contributed by atoms with E-state index in [-0.39, 0.29) is 10.8 Å². The highest BCUT2D eigenvalue weighted by Crippen LogP contribution is 2.67. The molecule has 2 aliphatic rings. The lowest BCUT2D eigenvalue weighted by molar-refractivity contribution is 0.100. The zero-order valence-electron chi connectivity index (χ0n) is 17.0. The van der Waals surface area contributed by atoms with Crippen molar-refractivity contribution in [3.63, 3.8) is 0 Å². The Morgan fingerprint density at radius 1 is 1.21 bits per heavy atom. The fourth-order valence-electron chi connectivity index (χ4n) is 5.02. The van der Waals surface area contributed by atoms with E-state index in [2.05, 4.69) is 29.6 Å². The van der Waals surface area contributed by atoms with Crippen molar-refractivity contribution in [1.29, 1.82) is 0 Å². The van der Waals surface area contributed by atoms with E-state index >= 15 is 0 Å². The van der Waals surface area contributed by atoms with Gasteiger partial charge in [0.25, 0.3) is 5.91 Å². The Kier molecular flexibility index (Phi) is 4.92. The van der Waals surface area contributed by atoms with Gasteiger partial charge in [0.05, 0.1) is 23.5 Å². The van der Waals surface area contributed by atoms with Crippen molar-refractivity contribution in [1.82, 2.24) is 5.32 Å². The predicted octanol–water partition coefficient (Wildman–Crippen LogP) is 2.78. The highest BCUT2D eigenvalue weighted by atomic mass is 16.5. The predicted molar refractivity (Wildman–Crippen MR) is 116 cm³/mol. The van der Waals surface area contributed by atoms with E-state index in [1.54, 1.807) is 19.2 Å². The topological polar surface area (TPSA) is 103 Å². The molecule has 2 fully saturated rings. The first-order valence-electron chi connectivity index (χ1n) is 9.97. The number of nitrogens with zero attached hydrogens (tertiary/aromatic N) is 1. The van der Waals surface area contributed by atoms with Gasteiger partial charge in [-0.25, -0.2) is 0 Å². The minimum absolute atomic E-state index is 0.213. The first-order chi connectivity index (χ1) is 13.9. The maximum absolute atomic E-state index is 11.5. The minimum atomic E-state index is -0.535. The number of ether oxygens (including phenoxy) is 1. The summed E-state index contributed by atoms with van der Waals surface area (Å²) in [7, 11) is 1.78. The second-order valence-corrected chi connectivity index (χ2v) is 8.27. The Hall–Kier alpha value is -2.70. The van der Waals surface area contributed by atoms with E-state index in [0.29, 0.717) is 11.3 Å². The summed E-state index contributed by atoms with van der Waals surface area (Å²) < 4.78 is 5.53. The molecule has 6 heteroatoms. The van der Waals surface area contributed by atoms with Gasteiger partial charge in [-0.3, -0.25) is 9.79 Å². The van der Waals surface area contributed by atoms with Crippen LogP contribution in [0.5, 0.6) is 0 Å². The van der Waals surface area contributed by atoms with E-state index in [4.69, 9.17) is 21.2 Å². The van der Waals surface area contributed by atoms with E-state index in [0.717, 1.165) is 43.1 Å². The SMILES string of the molecule is COCC12CNCCC1(c1ccc(N=C(C)c3cccc(C(N)=O)c3N)cc1)C2. The van der Waals surface area contributed by atoms with Gasteiger partial charge in [0.15, 0.2) is 0 Å². The Morgan fingerprint density at radius 2 is 1.93 bits per heavy atom. The third kappa shape index (κ3) is 3.22. The van der Waals surface area contributed by atoms with Gasteiger partial charge in [-0.1, -0.05) is 24.3 Å². The lowest BCUT2D eigenvalue weighted by atomic mass is 9.81. The normalized spacial score (nSPS) is 26.1. The highest BCUT2D eigenvalue weighted by molar-refractivity contribution is 6.09. The molecular formula is C23H28N4O2. The number of aliphatic imine (C=N–C) groups is 1. The van der Waals surface area contributed by atoms with Gasteiger partial charge in [0.1, 0.15) is 0 Å². The van der Waals surface area contributed by atoms with Crippen LogP contribution < -0.4 is 16.8 Å². The number of amides is 1. The summed E-state index contributed by atoms with van der Waals surface area (Å²) in [6.07, 6.45) is 2.30. The number of rotatable bonds is 6. The number of carbonyl (C=O) groups excluding carboxylic acids is 1. The molecule has 2 atom stereocenters. The molecule has 1 saturated heterocycles. The first kappa shape index (κ1) is 19.6. The molecule has 1 aliphatic carbocycles. The zero-order valence-corrected chi connectivity index (χ0v) is 17.0. The quantitative estimate of drug-likeness (QED) is 0.519. The van der Waals surface area contributed by atoms with Crippen molar-refractivity contribution in [3.05, 3.63) is 59.2 Å². The van der Waals surface area contributed by atoms with Crippen molar-refractivity contribution in [3.8, 4) is 0 Å². The van der Waals surface area contributed by atoms with Crippen molar-refractivity contribution in [2.75, 3.05) is 32.5 Å². The molecule has 1 aliphatic heterocycles. The molecule has 2 aromatic carbocycles. The standard InChI is InChI=1S/C23H28N4O2/c1-15(18-4-3-5-19(20(18)24)21(25)28)27-17-8-6-16(7-9-17)23-10-11-26-13-22(23,12-23)14-29-2/h3-9,26H,10-14,24H2,1-2H3,(H2,25,28). The largest absolute Gasteiger partial charge is 0.398 e. The van der Waals surface area contributed by atoms with Crippen LogP contribution in [-0.2, 0) is 10.2 Å². The molecule has 0 bridgehead atoms. The van der Waals surface area contributed by atoms with Gasteiger partial charge in [-0.05, 0) is 50.1 Å². The van der Waals surface area contributed by atoms with Crippen molar-refractivity contribution >= 4 is 23.0 Å². The maximum atomic E-state index is 11.5. The molecule has 1 saturated carbocycles. The lowest BCUT2D eigenvalue weighted by Gasteiger charge is -2.31. The van der Waals surface area contributed by atoms with Gasteiger partial charge in [0, 0.05) is 35.8 Å². The lowest BCUT2D eigenvalue weighted by Crippen LogP contribution is -2.40. The fourth-order valence-corrected chi connectivity index (χ4v) is 5.02. The molecule has 0 radical (unpaired) electrons. The van der Waals surface area contributed by atoms with Crippen LogP contribution in [-0.4, -0.2) is 38.4 Å². The van der Waals surface area contributed by atoms with Crippen LogP contribution in [0, 0.1) is 5.41 Å². The number of nitrogen functional groups attached to an aromatic ring is 1. The van der Waals surface area contributed by atoms with Crippen LogP contribution in [0.25, 0.3) is 0 Å². The van der Waals surface area contributed by atoms with E-state index < -0.39 is 5.91 Å². The number of hydrogen-bond acceptors (Lipinski definition) is 5. The molecule has 5 N–H and O–H groups in total. The summed E-state index contributed by atoms with van der Waals surface area (Å²) in [6, 6.07) is 13.7. The van der Waals surface area contributed by atoms with Crippen LogP contribution >= 0.6 is 0 Å². The number of carbonyl (C=O) groups is 1. The molecule has 29 heavy (non-hydrogen) atoms. The monoisotopic (exact) mass is 392 g/mol. The fraction of sp³-hybridized carbons (Fsp3) is 0.391. The second kappa shape index (κ2) is 7.28. The van der Waals surface area contributed by atoms with E-state index in [1.807, 2.05) is 13.0 Å². The average molecular weight is 393 g/mol. The average Bonchev–Trinajstić information content (AvgIpc) is 3.38. The number of benzene rings is 2. The summed E-state index contributed by atoms with van der Waals surface area (Å²) in [6.45, 7) is 4.73. The Bertz CT molecular complexity index is 965. The zero-order chi connectivity index (χ0) is 20.6. The van der Waals surface area contributed by atoms with Gasteiger partial charge in [-0.15, -0.1) is 0 Å². The number of nitrogens with two attached hydrogens (primary N) is 2. The molecule has 0 aromatic heterocycles. The third-order valence-electron chi connectivity index (χ3n) is 6.62. The van der Waals surface area contributed by atoms with Crippen LogP contribution in [0.2, 0.25) is 0 Å². The molecule has 6 nitrogen and oxygen atoms in total. The Balaban J connectivity index is 1.59. The Morgan fingerprint density at radius 3 is 2.62 bits per heavy atom. The number of methoxy groups -OCH3 is 1. The van der Waals surface area contributed by atoms with Crippen molar-refractivity contribution in [2.24, 2.45) is 16.1 Å². The highest BCUT2D eigenvalue weighted by Gasteiger charge is 2.68. The summed E-state index contributed by atoms with van der Waals surface area (Å²) in [5.41, 5.74) is 16.3. The van der Waals surface area contributed by atoms with Crippen molar-refractivity contribution in [2.45, 2.75) is 25.2 Å². The second-order valence-electron chi connectivity index (χ2n) is 8.27. The Labute approximate surface area is 171 Å². The first-order valence-corrected chi connectivity index (χ1v) is 9.97. The minimum Gasteiger partial charge on any atom is -0.398 e. The van der Waals surface area contributed by atoms with Gasteiger partial charge in [0.2, 0.25) is 0 Å². The smallest absolute Gasteiger partial charge is 0.250 e. The summed E-state index contributed by atoms with van der Waals surface area (Å²) in [5, 5.41) is 3.52. The van der Waals surface area contributed by atoms with Crippen LogP contribution in [0.15, 0.2) is 47.5 Å². The van der Waals surface area contributed by atoms with Crippen LogP contribution in [0.3, 0.4) is 0 Å². The summed E-state index contributed by atoms with van der Waals surface area (Å²) in [5.74, 6) is -0.535. The molecule has 2 aromatic rings. The van der Waals surface area contributed by atoms with Gasteiger partial charge in [-0.2, -0.15) is 0 Å². The van der Waals surface area contributed by atoms with Crippen molar-refractivity contribution < 1.29 is 9.53 Å². The summed E-state index contributed by atoms with van der Waals surface area (Å²) >= 11 is 0. The molecule has 4 rings (SSSR count). The third-order valence-corrected chi connectivity index (χ3v) is 6.62. The number of nitrogens with one attached hydrogen (secondary N) is 1. The summed E-state index contributed by atoms with van der Waals surface area (Å²) in [4.78, 5) is 16.3. The van der Waals surface area contributed by atoms with Gasteiger partial charge >= 0.3 is 0 Å². The number of para-hydroxylation sites is 1.